The Morgan fingerprint density at radius 2 is 2.11 bits per heavy atom. The maximum Gasteiger partial charge on any atom is 0.103 e. The molecule has 98 valence electrons. The van der Waals surface area contributed by atoms with Crippen LogP contribution in [0, 0.1) is 5.92 Å². The summed E-state index contributed by atoms with van der Waals surface area (Å²) in [7, 11) is 1.70. The number of aliphatic imine (C=N–C) groups is 1. The quantitative estimate of drug-likeness (QED) is 0.653. The van der Waals surface area contributed by atoms with Crippen LogP contribution in [-0.2, 0) is 11.3 Å². The van der Waals surface area contributed by atoms with Crippen LogP contribution < -0.4 is 5.73 Å². The van der Waals surface area contributed by atoms with E-state index in [4.69, 9.17) is 10.5 Å². The summed E-state index contributed by atoms with van der Waals surface area (Å²) in [5.74, 6) is 1.27. The highest BCUT2D eigenvalue weighted by Gasteiger charge is 2.16. The largest absolute Gasteiger partial charge is 0.387 e. The van der Waals surface area contributed by atoms with E-state index in [1.54, 1.807) is 7.11 Å². The highest BCUT2D eigenvalue weighted by atomic mass is 16.5. The number of methoxy groups -OCH3 is 1. The zero-order valence-electron chi connectivity index (χ0n) is 11.1. The number of ether oxygens (including phenoxy) is 1. The van der Waals surface area contributed by atoms with Gasteiger partial charge in [0.2, 0.25) is 0 Å². The van der Waals surface area contributed by atoms with Crippen LogP contribution in [0.15, 0.2) is 29.3 Å². The molecule has 1 aromatic rings. The first-order chi connectivity index (χ1) is 8.79. The third kappa shape index (κ3) is 3.57. The van der Waals surface area contributed by atoms with Crippen LogP contribution in [-0.4, -0.2) is 12.9 Å². The Kier molecular flexibility index (Phi) is 4.76. The minimum Gasteiger partial charge on any atom is -0.387 e. The lowest BCUT2D eigenvalue weighted by molar-refractivity contribution is 0.185. The van der Waals surface area contributed by atoms with Crippen LogP contribution in [0.2, 0.25) is 0 Å². The Morgan fingerprint density at radius 3 is 2.83 bits per heavy atom. The number of hydrogen-bond acceptors (Lipinski definition) is 2. The Labute approximate surface area is 109 Å². The number of nitrogens with two attached hydrogens (primary N) is 1. The van der Waals surface area contributed by atoms with Crippen LogP contribution in [0.3, 0.4) is 0 Å². The summed E-state index contributed by atoms with van der Waals surface area (Å²) < 4.78 is 5.12. The van der Waals surface area contributed by atoms with Crippen molar-refractivity contribution in [2.24, 2.45) is 16.6 Å². The van der Waals surface area contributed by atoms with Crippen LogP contribution >= 0.6 is 0 Å². The minimum atomic E-state index is 0.477. The van der Waals surface area contributed by atoms with E-state index in [1.807, 2.05) is 24.3 Å². The van der Waals surface area contributed by atoms with Crippen molar-refractivity contribution < 1.29 is 4.74 Å². The zero-order chi connectivity index (χ0) is 12.8. The molecule has 2 N–H and O–H groups in total. The van der Waals surface area contributed by atoms with Gasteiger partial charge in [-0.25, -0.2) is 4.99 Å². The second kappa shape index (κ2) is 6.55. The molecule has 0 aromatic heterocycles. The van der Waals surface area contributed by atoms with Gasteiger partial charge in [0.15, 0.2) is 0 Å². The highest BCUT2D eigenvalue weighted by molar-refractivity contribution is 5.85. The average molecular weight is 246 g/mol. The SMILES string of the molecule is COCc1cccc(N=C(N)C2CCCCC2)c1. The van der Waals surface area contributed by atoms with Crippen molar-refractivity contribution in [3.63, 3.8) is 0 Å². The monoisotopic (exact) mass is 246 g/mol. The summed E-state index contributed by atoms with van der Waals surface area (Å²) in [4.78, 5) is 4.56. The van der Waals surface area contributed by atoms with E-state index < -0.39 is 0 Å². The fourth-order valence-electron chi connectivity index (χ4n) is 2.52. The molecule has 3 nitrogen and oxygen atoms in total. The van der Waals surface area contributed by atoms with Gasteiger partial charge in [-0.15, -0.1) is 0 Å². The van der Waals surface area contributed by atoms with E-state index in [2.05, 4.69) is 4.99 Å². The van der Waals surface area contributed by atoms with Crippen molar-refractivity contribution >= 4 is 11.5 Å². The summed E-state index contributed by atoms with van der Waals surface area (Å²) in [6.07, 6.45) is 6.28. The molecule has 0 spiro atoms. The third-order valence-corrected chi connectivity index (χ3v) is 3.50. The van der Waals surface area contributed by atoms with E-state index in [0.717, 1.165) is 17.1 Å². The second-order valence-corrected chi connectivity index (χ2v) is 4.97. The lowest BCUT2D eigenvalue weighted by Gasteiger charge is -2.20. The molecule has 1 aromatic carbocycles. The number of rotatable bonds is 4. The maximum absolute atomic E-state index is 6.12. The molecule has 2 rings (SSSR count). The maximum atomic E-state index is 6.12. The Hall–Kier alpha value is -1.35. The molecule has 0 unspecified atom stereocenters. The molecule has 0 radical (unpaired) electrons. The Balaban J connectivity index is 2.08. The van der Waals surface area contributed by atoms with Gasteiger partial charge in [-0.2, -0.15) is 0 Å². The van der Waals surface area contributed by atoms with Gasteiger partial charge < -0.3 is 10.5 Å². The molecule has 3 heteroatoms. The van der Waals surface area contributed by atoms with Gasteiger partial charge in [0, 0.05) is 13.0 Å². The van der Waals surface area contributed by atoms with E-state index in [-0.39, 0.29) is 0 Å². The highest BCUT2D eigenvalue weighted by Crippen LogP contribution is 2.25. The summed E-state index contributed by atoms with van der Waals surface area (Å²) in [6, 6.07) is 8.08. The molecule has 0 bridgehead atoms. The van der Waals surface area contributed by atoms with E-state index in [1.165, 1.54) is 32.1 Å². The molecule has 0 atom stereocenters. The fraction of sp³-hybridized carbons (Fsp3) is 0.533. The number of amidine groups is 1. The number of hydrogen-bond donors (Lipinski definition) is 1. The van der Waals surface area contributed by atoms with Gasteiger partial charge in [0.05, 0.1) is 12.3 Å². The molecule has 0 saturated heterocycles. The lowest BCUT2D eigenvalue weighted by atomic mass is 9.88. The van der Waals surface area contributed by atoms with Crippen LogP contribution in [0.4, 0.5) is 5.69 Å². The number of nitrogens with zero attached hydrogens (tertiary/aromatic N) is 1. The molecule has 1 aliphatic carbocycles. The zero-order valence-corrected chi connectivity index (χ0v) is 11.1. The molecule has 1 saturated carbocycles. The number of benzene rings is 1. The average Bonchev–Trinajstić information content (AvgIpc) is 2.40. The molecular weight excluding hydrogens is 224 g/mol. The summed E-state index contributed by atoms with van der Waals surface area (Å²) in [5, 5.41) is 0. The van der Waals surface area contributed by atoms with Gasteiger partial charge in [-0.1, -0.05) is 31.4 Å². The van der Waals surface area contributed by atoms with Crippen molar-refractivity contribution in [1.82, 2.24) is 0 Å². The van der Waals surface area contributed by atoms with Crippen LogP contribution in [0.1, 0.15) is 37.7 Å². The van der Waals surface area contributed by atoms with Gasteiger partial charge in [-0.3, -0.25) is 0 Å². The minimum absolute atomic E-state index is 0.477. The topological polar surface area (TPSA) is 47.6 Å². The van der Waals surface area contributed by atoms with Crippen molar-refractivity contribution in [3.8, 4) is 0 Å². The predicted octanol–water partition coefficient (Wildman–Crippen LogP) is 3.40. The van der Waals surface area contributed by atoms with Crippen molar-refractivity contribution in [3.05, 3.63) is 29.8 Å². The summed E-state index contributed by atoms with van der Waals surface area (Å²) >= 11 is 0. The normalized spacial score (nSPS) is 17.9. The molecule has 1 fully saturated rings. The van der Waals surface area contributed by atoms with Gasteiger partial charge in [-0.05, 0) is 30.5 Å². The summed E-state index contributed by atoms with van der Waals surface area (Å²) in [5.41, 5.74) is 8.20. The predicted molar refractivity (Wildman–Crippen MR) is 75.0 cm³/mol. The first-order valence-electron chi connectivity index (χ1n) is 6.71. The van der Waals surface area contributed by atoms with Gasteiger partial charge >= 0.3 is 0 Å². The fourth-order valence-corrected chi connectivity index (χ4v) is 2.52. The van der Waals surface area contributed by atoms with Crippen LogP contribution in [0.25, 0.3) is 0 Å². The van der Waals surface area contributed by atoms with Crippen molar-refractivity contribution in [2.45, 2.75) is 38.7 Å². The molecular formula is C15H22N2O. The Bertz CT molecular complexity index is 409. The molecule has 0 heterocycles. The lowest BCUT2D eigenvalue weighted by Crippen LogP contribution is -2.25. The van der Waals surface area contributed by atoms with Gasteiger partial charge in [0.25, 0.3) is 0 Å². The summed E-state index contributed by atoms with van der Waals surface area (Å²) in [6.45, 7) is 0.618. The molecule has 0 amide bonds. The van der Waals surface area contributed by atoms with Gasteiger partial charge in [0.1, 0.15) is 5.84 Å². The second-order valence-electron chi connectivity index (χ2n) is 4.97. The smallest absolute Gasteiger partial charge is 0.103 e. The molecule has 18 heavy (non-hydrogen) atoms. The van der Waals surface area contributed by atoms with Crippen molar-refractivity contribution in [2.75, 3.05) is 7.11 Å². The van der Waals surface area contributed by atoms with E-state index in [9.17, 15) is 0 Å². The van der Waals surface area contributed by atoms with E-state index in [0.29, 0.717) is 12.5 Å². The van der Waals surface area contributed by atoms with E-state index >= 15 is 0 Å². The van der Waals surface area contributed by atoms with Crippen LogP contribution in [0.5, 0.6) is 0 Å². The first kappa shape index (κ1) is 13.1. The van der Waals surface area contributed by atoms with Crippen molar-refractivity contribution in [1.29, 1.82) is 0 Å². The molecule has 0 aliphatic heterocycles. The first-order valence-corrected chi connectivity index (χ1v) is 6.71. The standard InChI is InChI=1S/C15H22N2O/c1-18-11-12-6-5-9-14(10-12)17-15(16)13-7-3-2-4-8-13/h5-6,9-10,13H,2-4,7-8,11H2,1H3,(H2,16,17). The third-order valence-electron chi connectivity index (χ3n) is 3.50. The Morgan fingerprint density at radius 1 is 1.33 bits per heavy atom. The molecule has 1 aliphatic rings.